The summed E-state index contributed by atoms with van der Waals surface area (Å²) in [5.41, 5.74) is 0.398. The molecule has 110 valence electrons. The molecule has 1 N–H and O–H groups in total. The molecule has 0 aromatic carbocycles. The van der Waals surface area contributed by atoms with Gasteiger partial charge in [-0.05, 0) is 43.7 Å². The van der Waals surface area contributed by atoms with E-state index in [0.29, 0.717) is 18.2 Å². The topological polar surface area (TPSA) is 58.1 Å². The van der Waals surface area contributed by atoms with Crippen molar-refractivity contribution in [1.29, 1.82) is 0 Å². The molecule has 0 spiro atoms. The van der Waals surface area contributed by atoms with Crippen LogP contribution >= 0.6 is 0 Å². The predicted octanol–water partition coefficient (Wildman–Crippen LogP) is 2.24. The molecule has 0 aliphatic carbocycles. The lowest BCUT2D eigenvalue weighted by Gasteiger charge is -2.27. The Morgan fingerprint density at radius 2 is 2.00 bits per heavy atom. The molecule has 1 fully saturated rings. The second kappa shape index (κ2) is 7.22. The predicted molar refractivity (Wildman–Crippen MR) is 79.9 cm³/mol. The van der Waals surface area contributed by atoms with Crippen molar-refractivity contribution in [3.05, 3.63) is 17.8 Å². The van der Waals surface area contributed by atoms with Crippen molar-refractivity contribution in [2.24, 2.45) is 5.92 Å². The summed E-state index contributed by atoms with van der Waals surface area (Å²) < 4.78 is 0. The lowest BCUT2D eigenvalue weighted by atomic mass is 10.1. The number of rotatable bonds is 5. The van der Waals surface area contributed by atoms with Gasteiger partial charge in [0.2, 0.25) is 0 Å². The molecule has 2 rings (SSSR count). The van der Waals surface area contributed by atoms with Crippen LogP contribution < -0.4 is 10.2 Å². The zero-order valence-electron chi connectivity index (χ0n) is 12.4. The number of nitrogens with zero attached hydrogens (tertiary/aromatic N) is 3. The third-order valence-electron chi connectivity index (χ3n) is 3.57. The molecule has 1 aliphatic heterocycles. The smallest absolute Gasteiger partial charge is 0.271 e. The maximum Gasteiger partial charge on any atom is 0.271 e. The molecule has 1 aromatic heterocycles. The van der Waals surface area contributed by atoms with Gasteiger partial charge in [0.05, 0.1) is 0 Å². The molecular weight excluding hydrogens is 252 g/mol. The second-order valence-corrected chi connectivity index (χ2v) is 5.76. The molecule has 1 aliphatic rings. The zero-order chi connectivity index (χ0) is 14.4. The normalized spacial score (nSPS) is 15.4. The number of amides is 1. The van der Waals surface area contributed by atoms with E-state index in [1.807, 2.05) is 6.07 Å². The van der Waals surface area contributed by atoms with Gasteiger partial charge in [0.25, 0.3) is 5.91 Å². The Labute approximate surface area is 120 Å². The SMILES string of the molecule is CC(C)CCNC(=O)c1ccc(N2CCCCC2)nn1. The van der Waals surface area contributed by atoms with E-state index in [-0.39, 0.29) is 5.91 Å². The van der Waals surface area contributed by atoms with Gasteiger partial charge in [-0.1, -0.05) is 13.8 Å². The monoisotopic (exact) mass is 276 g/mol. The van der Waals surface area contributed by atoms with Gasteiger partial charge in [0.1, 0.15) is 0 Å². The number of aromatic nitrogens is 2. The highest BCUT2D eigenvalue weighted by Gasteiger charge is 2.14. The van der Waals surface area contributed by atoms with Crippen LogP contribution in [0.4, 0.5) is 5.82 Å². The van der Waals surface area contributed by atoms with Gasteiger partial charge in [0.15, 0.2) is 11.5 Å². The van der Waals surface area contributed by atoms with Crippen LogP contribution in [0.5, 0.6) is 0 Å². The summed E-state index contributed by atoms with van der Waals surface area (Å²) in [6.07, 6.45) is 4.68. The largest absolute Gasteiger partial charge is 0.355 e. The Hall–Kier alpha value is -1.65. The van der Waals surface area contributed by atoms with E-state index in [9.17, 15) is 4.79 Å². The van der Waals surface area contributed by atoms with Gasteiger partial charge in [-0.2, -0.15) is 0 Å². The highest BCUT2D eigenvalue weighted by molar-refractivity contribution is 5.92. The van der Waals surface area contributed by atoms with Gasteiger partial charge >= 0.3 is 0 Å². The van der Waals surface area contributed by atoms with Crippen LogP contribution in [-0.4, -0.2) is 35.7 Å². The number of nitrogens with one attached hydrogen (secondary N) is 1. The summed E-state index contributed by atoms with van der Waals surface area (Å²) in [7, 11) is 0. The molecular formula is C15H24N4O. The molecule has 0 radical (unpaired) electrons. The number of carbonyl (C=O) groups is 1. The Morgan fingerprint density at radius 3 is 2.60 bits per heavy atom. The molecule has 1 saturated heterocycles. The van der Waals surface area contributed by atoms with E-state index < -0.39 is 0 Å². The van der Waals surface area contributed by atoms with E-state index in [1.54, 1.807) is 6.07 Å². The van der Waals surface area contributed by atoms with E-state index >= 15 is 0 Å². The number of piperidine rings is 1. The summed E-state index contributed by atoms with van der Waals surface area (Å²) in [4.78, 5) is 14.1. The Balaban J connectivity index is 1.88. The third-order valence-corrected chi connectivity index (χ3v) is 3.57. The third kappa shape index (κ3) is 4.18. The fraction of sp³-hybridized carbons (Fsp3) is 0.667. The van der Waals surface area contributed by atoms with Crippen molar-refractivity contribution >= 4 is 11.7 Å². The molecule has 0 unspecified atom stereocenters. The zero-order valence-corrected chi connectivity index (χ0v) is 12.4. The van der Waals surface area contributed by atoms with E-state index in [0.717, 1.165) is 25.3 Å². The highest BCUT2D eigenvalue weighted by atomic mass is 16.1. The van der Waals surface area contributed by atoms with Crippen LogP contribution in [0.2, 0.25) is 0 Å². The Bertz CT molecular complexity index is 424. The van der Waals surface area contributed by atoms with Crippen LogP contribution in [0.3, 0.4) is 0 Å². The van der Waals surface area contributed by atoms with E-state index in [2.05, 4.69) is 34.3 Å². The van der Waals surface area contributed by atoms with Crippen molar-refractivity contribution in [3.63, 3.8) is 0 Å². The van der Waals surface area contributed by atoms with Gasteiger partial charge in [-0.15, -0.1) is 10.2 Å². The summed E-state index contributed by atoms with van der Waals surface area (Å²) in [5, 5.41) is 11.1. The molecule has 1 amide bonds. The lowest BCUT2D eigenvalue weighted by Crippen LogP contribution is -2.31. The number of hydrogen-bond acceptors (Lipinski definition) is 4. The second-order valence-electron chi connectivity index (χ2n) is 5.76. The summed E-state index contributed by atoms with van der Waals surface area (Å²) in [5.74, 6) is 1.33. The Morgan fingerprint density at radius 1 is 1.25 bits per heavy atom. The quantitative estimate of drug-likeness (QED) is 0.896. The van der Waals surface area contributed by atoms with Crippen molar-refractivity contribution in [2.75, 3.05) is 24.5 Å². The van der Waals surface area contributed by atoms with Crippen molar-refractivity contribution < 1.29 is 4.79 Å². The average Bonchev–Trinajstić information content (AvgIpc) is 2.48. The average molecular weight is 276 g/mol. The summed E-state index contributed by atoms with van der Waals surface area (Å²) in [6.45, 7) is 7.04. The first-order valence-corrected chi connectivity index (χ1v) is 7.53. The molecule has 20 heavy (non-hydrogen) atoms. The van der Waals surface area contributed by atoms with E-state index in [4.69, 9.17) is 0 Å². The van der Waals surface area contributed by atoms with Crippen molar-refractivity contribution in [3.8, 4) is 0 Å². The Kier molecular flexibility index (Phi) is 5.32. The van der Waals surface area contributed by atoms with Gasteiger partial charge in [-0.3, -0.25) is 4.79 Å². The first kappa shape index (κ1) is 14.8. The van der Waals surface area contributed by atoms with Crippen molar-refractivity contribution in [2.45, 2.75) is 39.5 Å². The van der Waals surface area contributed by atoms with Crippen LogP contribution in [0.25, 0.3) is 0 Å². The summed E-state index contributed by atoms with van der Waals surface area (Å²) in [6, 6.07) is 3.66. The molecule has 0 bridgehead atoms. The molecule has 2 heterocycles. The number of carbonyl (C=O) groups excluding carboxylic acids is 1. The van der Waals surface area contributed by atoms with Crippen LogP contribution in [0.1, 0.15) is 50.0 Å². The number of anilines is 1. The first-order chi connectivity index (χ1) is 9.66. The van der Waals surface area contributed by atoms with Gasteiger partial charge < -0.3 is 10.2 Å². The minimum atomic E-state index is -0.136. The minimum Gasteiger partial charge on any atom is -0.355 e. The maximum absolute atomic E-state index is 11.9. The highest BCUT2D eigenvalue weighted by Crippen LogP contribution is 2.16. The first-order valence-electron chi connectivity index (χ1n) is 7.53. The van der Waals surface area contributed by atoms with Gasteiger partial charge in [-0.25, -0.2) is 0 Å². The molecule has 5 heteroatoms. The number of hydrogen-bond donors (Lipinski definition) is 1. The molecule has 0 atom stereocenters. The standard InChI is InChI=1S/C15H24N4O/c1-12(2)8-9-16-15(20)13-6-7-14(18-17-13)19-10-4-3-5-11-19/h6-7,12H,3-5,8-11H2,1-2H3,(H,16,20). The maximum atomic E-state index is 11.9. The van der Waals surface area contributed by atoms with Crippen molar-refractivity contribution in [1.82, 2.24) is 15.5 Å². The fourth-order valence-electron chi connectivity index (χ4n) is 2.30. The van der Waals surface area contributed by atoms with Crippen LogP contribution in [-0.2, 0) is 0 Å². The molecule has 0 saturated carbocycles. The molecule has 5 nitrogen and oxygen atoms in total. The molecule has 1 aromatic rings. The lowest BCUT2D eigenvalue weighted by molar-refractivity contribution is 0.0946. The summed E-state index contributed by atoms with van der Waals surface area (Å²) >= 11 is 0. The van der Waals surface area contributed by atoms with E-state index in [1.165, 1.54) is 19.3 Å². The van der Waals surface area contributed by atoms with Crippen LogP contribution in [0, 0.1) is 5.92 Å². The van der Waals surface area contributed by atoms with Gasteiger partial charge in [0, 0.05) is 19.6 Å². The minimum absolute atomic E-state index is 0.136. The fourth-order valence-corrected chi connectivity index (χ4v) is 2.30. The van der Waals surface area contributed by atoms with Crippen LogP contribution in [0.15, 0.2) is 12.1 Å².